The van der Waals surface area contributed by atoms with E-state index < -0.39 is 0 Å². The minimum absolute atomic E-state index is 0.122. The van der Waals surface area contributed by atoms with Crippen LogP contribution in [0.2, 0.25) is 0 Å². The highest BCUT2D eigenvalue weighted by Gasteiger charge is 2.08. The Morgan fingerprint density at radius 1 is 1.23 bits per heavy atom. The Balaban J connectivity index is 1.91. The molecular weight excluding hydrogens is 340 g/mol. The molecule has 0 radical (unpaired) electrons. The highest BCUT2D eigenvalue weighted by atomic mass is 32.1. The quantitative estimate of drug-likeness (QED) is 0.587. The Morgan fingerprint density at radius 3 is 2.62 bits per heavy atom. The average molecular weight is 365 g/mol. The predicted molar refractivity (Wildman–Crippen MR) is 110 cm³/mol. The summed E-state index contributed by atoms with van der Waals surface area (Å²) in [6.45, 7) is 10.9. The second kappa shape index (κ2) is 7.83. The van der Waals surface area contributed by atoms with Gasteiger partial charge in [0.25, 0.3) is 5.91 Å². The van der Waals surface area contributed by atoms with E-state index in [9.17, 15) is 4.79 Å². The lowest BCUT2D eigenvalue weighted by molar-refractivity contribution is -0.117. The Hall–Kier alpha value is -2.46. The molecule has 0 aliphatic rings. The normalized spacial score (nSPS) is 12.1. The van der Waals surface area contributed by atoms with Crippen LogP contribution < -0.4 is 4.80 Å². The Morgan fingerprint density at radius 2 is 1.96 bits per heavy atom. The zero-order chi connectivity index (χ0) is 18.7. The van der Waals surface area contributed by atoms with Gasteiger partial charge in [0.2, 0.25) is 0 Å². The number of aryl methyl sites for hydroxylation is 1. The van der Waals surface area contributed by atoms with Crippen LogP contribution in [0.3, 0.4) is 0 Å². The summed E-state index contributed by atoms with van der Waals surface area (Å²) in [6.07, 6.45) is 2.15. The van der Waals surface area contributed by atoms with Crippen molar-refractivity contribution in [1.29, 1.82) is 0 Å². The van der Waals surface area contributed by atoms with E-state index in [0.29, 0.717) is 18.9 Å². The van der Waals surface area contributed by atoms with E-state index in [4.69, 9.17) is 0 Å². The van der Waals surface area contributed by atoms with Gasteiger partial charge in [-0.15, -0.1) is 6.58 Å². The van der Waals surface area contributed by atoms with Crippen LogP contribution in [-0.4, -0.2) is 10.5 Å². The van der Waals surface area contributed by atoms with Crippen LogP contribution in [0.25, 0.3) is 10.2 Å². The standard InChI is InChI=1S/C22H24N2OS/c1-5-12-24-19-11-6-16(4)13-20(19)26-22(24)23-21(25)14-17-7-9-18(10-8-17)15(2)3/h5-11,13,15H,1,12,14H2,2-4H3. The number of benzene rings is 2. The molecule has 0 bridgehead atoms. The summed E-state index contributed by atoms with van der Waals surface area (Å²) < 4.78 is 3.19. The third-order valence-electron chi connectivity index (χ3n) is 4.37. The molecule has 2 aromatic carbocycles. The molecule has 0 saturated carbocycles. The summed E-state index contributed by atoms with van der Waals surface area (Å²) in [5.74, 6) is 0.368. The summed E-state index contributed by atoms with van der Waals surface area (Å²) >= 11 is 1.55. The zero-order valence-electron chi connectivity index (χ0n) is 15.5. The molecule has 0 spiro atoms. The topological polar surface area (TPSA) is 34.4 Å². The summed E-state index contributed by atoms with van der Waals surface area (Å²) in [6, 6.07) is 14.5. The monoisotopic (exact) mass is 364 g/mol. The van der Waals surface area contributed by atoms with E-state index in [1.165, 1.54) is 11.1 Å². The van der Waals surface area contributed by atoms with E-state index >= 15 is 0 Å². The number of aromatic nitrogens is 1. The maximum absolute atomic E-state index is 12.5. The van der Waals surface area contributed by atoms with Crippen LogP contribution >= 0.6 is 11.3 Å². The minimum atomic E-state index is -0.122. The van der Waals surface area contributed by atoms with Crippen molar-refractivity contribution in [3.8, 4) is 0 Å². The fraction of sp³-hybridized carbons (Fsp3) is 0.273. The van der Waals surface area contributed by atoms with Gasteiger partial charge in [0.1, 0.15) is 0 Å². The molecule has 0 unspecified atom stereocenters. The number of hydrogen-bond donors (Lipinski definition) is 0. The van der Waals surface area contributed by atoms with Crippen molar-refractivity contribution in [3.05, 3.63) is 76.6 Å². The number of allylic oxidation sites excluding steroid dienone is 1. The van der Waals surface area contributed by atoms with Gasteiger partial charge in [-0.3, -0.25) is 4.79 Å². The molecule has 26 heavy (non-hydrogen) atoms. The molecule has 1 aromatic heterocycles. The Labute approximate surface area is 158 Å². The molecule has 0 fully saturated rings. The van der Waals surface area contributed by atoms with Gasteiger partial charge in [-0.05, 0) is 41.7 Å². The van der Waals surface area contributed by atoms with Gasteiger partial charge in [0.05, 0.1) is 16.6 Å². The van der Waals surface area contributed by atoms with Crippen LogP contribution in [0.4, 0.5) is 0 Å². The SMILES string of the molecule is C=CCn1c(=NC(=O)Cc2ccc(C(C)C)cc2)sc2cc(C)ccc21. The van der Waals surface area contributed by atoms with Crippen molar-refractivity contribution in [2.75, 3.05) is 0 Å². The van der Waals surface area contributed by atoms with E-state index in [1.807, 2.05) is 22.8 Å². The molecule has 0 saturated heterocycles. The van der Waals surface area contributed by atoms with Gasteiger partial charge in [0, 0.05) is 6.54 Å². The summed E-state index contributed by atoms with van der Waals surface area (Å²) in [5.41, 5.74) is 4.57. The third-order valence-corrected chi connectivity index (χ3v) is 5.41. The van der Waals surface area contributed by atoms with E-state index in [1.54, 1.807) is 11.3 Å². The molecule has 3 nitrogen and oxygen atoms in total. The van der Waals surface area contributed by atoms with Gasteiger partial charge >= 0.3 is 0 Å². The Kier molecular flexibility index (Phi) is 5.52. The smallest absolute Gasteiger partial charge is 0.252 e. The minimum Gasteiger partial charge on any atom is -0.313 e. The van der Waals surface area contributed by atoms with Crippen molar-refractivity contribution in [2.45, 2.75) is 39.7 Å². The third kappa shape index (κ3) is 4.02. The zero-order valence-corrected chi connectivity index (χ0v) is 16.3. The molecule has 134 valence electrons. The van der Waals surface area contributed by atoms with Crippen molar-refractivity contribution < 1.29 is 4.79 Å². The molecule has 1 heterocycles. The second-order valence-corrected chi connectivity index (χ2v) is 7.84. The first-order valence-corrected chi connectivity index (χ1v) is 9.67. The number of nitrogens with zero attached hydrogens (tertiary/aromatic N) is 2. The highest BCUT2D eigenvalue weighted by molar-refractivity contribution is 7.16. The van der Waals surface area contributed by atoms with Crippen LogP contribution in [0.15, 0.2) is 60.1 Å². The van der Waals surface area contributed by atoms with Crippen molar-refractivity contribution in [2.24, 2.45) is 4.99 Å². The Bertz CT molecular complexity index is 1010. The highest BCUT2D eigenvalue weighted by Crippen LogP contribution is 2.19. The molecular formula is C22H24N2OS. The fourth-order valence-electron chi connectivity index (χ4n) is 2.91. The molecule has 3 rings (SSSR count). The summed E-state index contributed by atoms with van der Waals surface area (Å²) in [5, 5.41) is 0. The molecule has 3 aromatic rings. The van der Waals surface area contributed by atoms with E-state index in [0.717, 1.165) is 20.6 Å². The number of thiazole rings is 1. The number of carbonyl (C=O) groups is 1. The maximum Gasteiger partial charge on any atom is 0.252 e. The van der Waals surface area contributed by atoms with E-state index in [2.05, 4.69) is 62.7 Å². The van der Waals surface area contributed by atoms with Crippen LogP contribution in [-0.2, 0) is 17.8 Å². The predicted octanol–water partition coefficient (Wildman–Crippen LogP) is 4.99. The number of rotatable bonds is 5. The molecule has 0 aliphatic heterocycles. The van der Waals surface area contributed by atoms with Gasteiger partial charge in [0.15, 0.2) is 4.80 Å². The maximum atomic E-state index is 12.5. The van der Waals surface area contributed by atoms with Gasteiger partial charge < -0.3 is 4.57 Å². The summed E-state index contributed by atoms with van der Waals surface area (Å²) in [7, 11) is 0. The molecule has 0 atom stereocenters. The van der Waals surface area contributed by atoms with Crippen LogP contribution in [0.1, 0.15) is 36.5 Å². The fourth-order valence-corrected chi connectivity index (χ4v) is 4.07. The second-order valence-electron chi connectivity index (χ2n) is 6.83. The number of fused-ring (bicyclic) bond motifs is 1. The largest absolute Gasteiger partial charge is 0.313 e. The molecule has 0 N–H and O–H groups in total. The first-order chi connectivity index (χ1) is 12.5. The lowest BCUT2D eigenvalue weighted by atomic mass is 10.0. The average Bonchev–Trinajstić information content (AvgIpc) is 2.92. The lowest BCUT2D eigenvalue weighted by Gasteiger charge is -2.05. The van der Waals surface area contributed by atoms with Gasteiger partial charge in [-0.2, -0.15) is 4.99 Å². The molecule has 4 heteroatoms. The van der Waals surface area contributed by atoms with Gasteiger partial charge in [-0.1, -0.05) is 61.6 Å². The molecule has 0 aliphatic carbocycles. The lowest BCUT2D eigenvalue weighted by Crippen LogP contribution is -2.16. The van der Waals surface area contributed by atoms with Crippen LogP contribution in [0.5, 0.6) is 0 Å². The molecule has 1 amide bonds. The first kappa shape index (κ1) is 18.3. The van der Waals surface area contributed by atoms with E-state index in [-0.39, 0.29) is 5.91 Å². The van der Waals surface area contributed by atoms with Crippen LogP contribution in [0, 0.1) is 6.92 Å². The number of carbonyl (C=O) groups excluding carboxylic acids is 1. The number of hydrogen-bond acceptors (Lipinski definition) is 2. The van der Waals surface area contributed by atoms with Crippen molar-refractivity contribution in [1.82, 2.24) is 4.57 Å². The number of amides is 1. The summed E-state index contributed by atoms with van der Waals surface area (Å²) in [4.78, 5) is 17.6. The van der Waals surface area contributed by atoms with Crippen molar-refractivity contribution in [3.63, 3.8) is 0 Å². The van der Waals surface area contributed by atoms with Crippen molar-refractivity contribution >= 4 is 27.5 Å². The van der Waals surface area contributed by atoms with Gasteiger partial charge in [-0.25, -0.2) is 0 Å². The first-order valence-electron chi connectivity index (χ1n) is 8.85.